The smallest absolute Gasteiger partial charge is 0.338 e. The van der Waals surface area contributed by atoms with Crippen molar-refractivity contribution < 1.29 is 33.4 Å². The summed E-state index contributed by atoms with van der Waals surface area (Å²) in [5, 5.41) is 11.3. The maximum atomic E-state index is 13.3. The number of nitrogens with zero attached hydrogens (tertiary/aromatic N) is 1. The lowest BCUT2D eigenvalue weighted by molar-refractivity contribution is -0.183. The molecule has 0 radical (unpaired) electrons. The van der Waals surface area contributed by atoms with Crippen LogP contribution in [0.15, 0.2) is 30.3 Å². The lowest BCUT2D eigenvalue weighted by atomic mass is 9.76. The first-order chi connectivity index (χ1) is 15.4. The SMILES string of the molecule is CCOC(=O)CNC(=O)C(COC(=O)c1ccccc1)(OC(=O)CC#N)C1CCCCC1. The van der Waals surface area contributed by atoms with Gasteiger partial charge < -0.3 is 19.5 Å². The van der Waals surface area contributed by atoms with Crippen molar-refractivity contribution in [1.82, 2.24) is 5.32 Å². The number of amides is 1. The first-order valence-corrected chi connectivity index (χ1v) is 10.7. The molecule has 1 saturated carbocycles. The Morgan fingerprint density at radius 3 is 2.38 bits per heavy atom. The summed E-state index contributed by atoms with van der Waals surface area (Å²) < 4.78 is 15.8. The van der Waals surface area contributed by atoms with Crippen LogP contribution in [0.2, 0.25) is 0 Å². The van der Waals surface area contributed by atoms with Crippen LogP contribution in [-0.2, 0) is 28.6 Å². The molecule has 1 N–H and O–H groups in total. The number of ether oxygens (including phenoxy) is 3. The second-order valence-corrected chi connectivity index (χ2v) is 7.46. The zero-order valence-electron chi connectivity index (χ0n) is 18.1. The Bertz CT molecular complexity index is 844. The Morgan fingerprint density at radius 2 is 1.75 bits per heavy atom. The minimum atomic E-state index is -1.86. The monoisotopic (exact) mass is 444 g/mol. The van der Waals surface area contributed by atoms with Gasteiger partial charge in [-0.25, -0.2) is 4.79 Å². The van der Waals surface area contributed by atoms with Crippen molar-refractivity contribution in [2.24, 2.45) is 5.92 Å². The van der Waals surface area contributed by atoms with Gasteiger partial charge in [-0.3, -0.25) is 14.4 Å². The summed E-state index contributed by atoms with van der Waals surface area (Å²) in [5.74, 6) is -3.43. The molecule has 0 aliphatic heterocycles. The molecule has 0 saturated heterocycles. The molecular weight excluding hydrogens is 416 g/mol. The summed E-state index contributed by atoms with van der Waals surface area (Å²) in [6, 6.07) is 9.91. The summed E-state index contributed by atoms with van der Waals surface area (Å²) in [4.78, 5) is 49.9. The van der Waals surface area contributed by atoms with Crippen molar-refractivity contribution in [3.63, 3.8) is 0 Å². The van der Waals surface area contributed by atoms with Crippen LogP contribution in [0.5, 0.6) is 0 Å². The first kappa shape index (κ1) is 24.9. The maximum Gasteiger partial charge on any atom is 0.338 e. The fourth-order valence-corrected chi connectivity index (χ4v) is 3.75. The fourth-order valence-electron chi connectivity index (χ4n) is 3.75. The van der Waals surface area contributed by atoms with E-state index in [-0.39, 0.29) is 12.2 Å². The van der Waals surface area contributed by atoms with E-state index < -0.39 is 54.9 Å². The van der Waals surface area contributed by atoms with E-state index in [9.17, 15) is 19.2 Å². The highest BCUT2D eigenvalue weighted by Crippen LogP contribution is 2.36. The first-order valence-electron chi connectivity index (χ1n) is 10.7. The second kappa shape index (κ2) is 12.4. The highest BCUT2D eigenvalue weighted by atomic mass is 16.6. The highest BCUT2D eigenvalue weighted by Gasteiger charge is 2.51. The normalized spacial score (nSPS) is 15.5. The number of hydrogen-bond acceptors (Lipinski definition) is 8. The quantitative estimate of drug-likeness (QED) is 0.429. The van der Waals surface area contributed by atoms with Crippen LogP contribution in [0.3, 0.4) is 0 Å². The Balaban J connectivity index is 2.31. The number of carbonyl (C=O) groups is 4. The van der Waals surface area contributed by atoms with Crippen LogP contribution in [0, 0.1) is 17.2 Å². The zero-order valence-corrected chi connectivity index (χ0v) is 18.1. The molecular formula is C23H28N2O7. The molecule has 1 amide bonds. The average Bonchev–Trinajstić information content (AvgIpc) is 2.81. The van der Waals surface area contributed by atoms with E-state index in [4.69, 9.17) is 19.5 Å². The predicted octanol–water partition coefficient (Wildman–Crippen LogP) is 2.30. The molecule has 1 aliphatic carbocycles. The van der Waals surface area contributed by atoms with E-state index in [2.05, 4.69) is 5.32 Å². The van der Waals surface area contributed by atoms with Gasteiger partial charge in [-0.2, -0.15) is 5.26 Å². The molecule has 0 spiro atoms. The predicted molar refractivity (Wildman–Crippen MR) is 112 cm³/mol. The van der Waals surface area contributed by atoms with Gasteiger partial charge in [0.05, 0.1) is 18.2 Å². The molecule has 1 aromatic carbocycles. The fraction of sp³-hybridized carbons (Fsp3) is 0.522. The minimum absolute atomic E-state index is 0.147. The topological polar surface area (TPSA) is 132 Å². The van der Waals surface area contributed by atoms with E-state index in [0.717, 1.165) is 19.3 Å². The summed E-state index contributed by atoms with van der Waals surface area (Å²) in [5.41, 5.74) is -1.58. The summed E-state index contributed by atoms with van der Waals surface area (Å²) in [6.07, 6.45) is 3.14. The van der Waals surface area contributed by atoms with Crippen molar-refractivity contribution in [1.29, 1.82) is 5.26 Å². The Hall–Kier alpha value is -3.41. The van der Waals surface area contributed by atoms with Crippen molar-refractivity contribution >= 4 is 23.8 Å². The molecule has 0 aromatic heterocycles. The Morgan fingerprint density at radius 1 is 1.06 bits per heavy atom. The van der Waals surface area contributed by atoms with Crippen LogP contribution in [0.4, 0.5) is 0 Å². The van der Waals surface area contributed by atoms with Crippen LogP contribution < -0.4 is 5.32 Å². The van der Waals surface area contributed by atoms with E-state index >= 15 is 0 Å². The van der Waals surface area contributed by atoms with Crippen molar-refractivity contribution in [2.45, 2.75) is 51.0 Å². The number of rotatable bonds is 10. The van der Waals surface area contributed by atoms with Crippen molar-refractivity contribution in [2.75, 3.05) is 19.8 Å². The lowest BCUT2D eigenvalue weighted by Gasteiger charge is -2.39. The number of benzene rings is 1. The summed E-state index contributed by atoms with van der Waals surface area (Å²) in [7, 11) is 0. The number of nitriles is 1. The molecule has 1 unspecified atom stereocenters. The Kier molecular flexibility index (Phi) is 9.67. The number of hydrogen-bond donors (Lipinski definition) is 1. The molecule has 1 atom stereocenters. The molecule has 9 heteroatoms. The van der Waals surface area contributed by atoms with Crippen LogP contribution in [0.1, 0.15) is 55.8 Å². The number of carbonyl (C=O) groups excluding carboxylic acids is 4. The van der Waals surface area contributed by atoms with E-state index in [0.29, 0.717) is 12.8 Å². The molecule has 0 bridgehead atoms. The zero-order chi connectivity index (χ0) is 23.4. The van der Waals surface area contributed by atoms with E-state index in [1.165, 1.54) is 0 Å². The molecule has 172 valence electrons. The molecule has 0 heterocycles. The van der Waals surface area contributed by atoms with Gasteiger partial charge >= 0.3 is 17.9 Å². The molecule has 1 fully saturated rings. The third kappa shape index (κ3) is 6.80. The van der Waals surface area contributed by atoms with Gasteiger partial charge in [-0.15, -0.1) is 0 Å². The van der Waals surface area contributed by atoms with Crippen LogP contribution in [0.25, 0.3) is 0 Å². The molecule has 1 aliphatic rings. The lowest BCUT2D eigenvalue weighted by Crippen LogP contribution is -2.59. The Labute approximate surface area is 187 Å². The van der Waals surface area contributed by atoms with Gasteiger partial charge in [-0.05, 0) is 31.9 Å². The van der Waals surface area contributed by atoms with Crippen molar-refractivity contribution in [3.8, 4) is 6.07 Å². The molecule has 1 aromatic rings. The standard InChI is InChI=1S/C23H28N2O7/c1-2-30-20(27)15-25-22(29)23(32-19(26)13-14-24,18-11-7-4-8-12-18)16-31-21(28)17-9-5-3-6-10-17/h3,5-6,9-10,18H,2,4,7-8,11-13,15-16H2,1H3,(H,25,29). The van der Waals surface area contributed by atoms with Gasteiger partial charge in [0.15, 0.2) is 0 Å². The third-order valence-corrected chi connectivity index (χ3v) is 5.29. The summed E-state index contributed by atoms with van der Waals surface area (Å²) in [6.45, 7) is 0.827. The second-order valence-electron chi connectivity index (χ2n) is 7.46. The van der Waals surface area contributed by atoms with Gasteiger partial charge in [0.2, 0.25) is 5.60 Å². The third-order valence-electron chi connectivity index (χ3n) is 5.29. The number of esters is 3. The molecule has 9 nitrogen and oxygen atoms in total. The minimum Gasteiger partial charge on any atom is -0.465 e. The number of nitrogens with one attached hydrogen (secondary N) is 1. The highest BCUT2D eigenvalue weighted by molar-refractivity contribution is 5.92. The average molecular weight is 444 g/mol. The molecule has 2 rings (SSSR count). The van der Waals surface area contributed by atoms with Gasteiger partial charge in [0.25, 0.3) is 5.91 Å². The molecule has 32 heavy (non-hydrogen) atoms. The van der Waals surface area contributed by atoms with Crippen LogP contribution in [-0.4, -0.2) is 49.2 Å². The van der Waals surface area contributed by atoms with Crippen molar-refractivity contribution in [3.05, 3.63) is 35.9 Å². The van der Waals surface area contributed by atoms with Gasteiger partial charge in [0.1, 0.15) is 19.6 Å². The van der Waals surface area contributed by atoms with E-state index in [1.807, 2.05) is 0 Å². The van der Waals surface area contributed by atoms with E-state index in [1.54, 1.807) is 43.3 Å². The maximum absolute atomic E-state index is 13.3. The van der Waals surface area contributed by atoms with Gasteiger partial charge in [0, 0.05) is 5.92 Å². The van der Waals surface area contributed by atoms with Gasteiger partial charge in [-0.1, -0.05) is 37.5 Å². The largest absolute Gasteiger partial charge is 0.465 e. The van der Waals surface area contributed by atoms with Crippen LogP contribution >= 0.6 is 0 Å². The summed E-state index contributed by atoms with van der Waals surface area (Å²) >= 11 is 0.